The molecular formula is C13H16BrNO3. The highest BCUT2D eigenvalue weighted by Crippen LogP contribution is 2.07. The second-order valence-electron chi connectivity index (χ2n) is 3.64. The number of alkyl halides is 1. The average molecular weight is 314 g/mol. The zero-order valence-electron chi connectivity index (χ0n) is 10.2. The van der Waals surface area contributed by atoms with Crippen molar-refractivity contribution >= 4 is 27.8 Å². The van der Waals surface area contributed by atoms with Crippen molar-refractivity contribution in [3.8, 4) is 0 Å². The van der Waals surface area contributed by atoms with Crippen LogP contribution < -0.4 is 5.32 Å². The van der Waals surface area contributed by atoms with Crippen LogP contribution in [0.4, 0.5) is 0 Å². The molecule has 0 unspecified atom stereocenters. The number of hydrogen-bond donors (Lipinski definition) is 1. The lowest BCUT2D eigenvalue weighted by atomic mass is 10.1. The fourth-order valence-electron chi connectivity index (χ4n) is 1.36. The Bertz CT molecular complexity index is 403. The third-order valence-corrected chi connectivity index (χ3v) is 2.94. The fraction of sp³-hybridized carbons (Fsp3) is 0.385. The summed E-state index contributed by atoms with van der Waals surface area (Å²) >= 11 is 3.34. The van der Waals surface area contributed by atoms with Gasteiger partial charge in [0.25, 0.3) is 5.91 Å². The van der Waals surface area contributed by atoms with Gasteiger partial charge < -0.3 is 10.1 Å². The van der Waals surface area contributed by atoms with Gasteiger partial charge in [-0.05, 0) is 24.6 Å². The summed E-state index contributed by atoms with van der Waals surface area (Å²) in [6.45, 7) is 2.40. The number of halogens is 1. The van der Waals surface area contributed by atoms with Crippen molar-refractivity contribution < 1.29 is 14.3 Å². The third-order valence-electron chi connectivity index (χ3n) is 2.29. The summed E-state index contributed by atoms with van der Waals surface area (Å²) in [5.74, 6) is -0.479. The van der Waals surface area contributed by atoms with Gasteiger partial charge in [0, 0.05) is 17.4 Å². The normalized spacial score (nSPS) is 9.89. The minimum Gasteiger partial charge on any atom is -0.466 e. The number of hydrogen-bond acceptors (Lipinski definition) is 3. The van der Waals surface area contributed by atoms with Gasteiger partial charge in [0.2, 0.25) is 0 Å². The standard InChI is InChI=1S/C13H16BrNO3/c1-2-18-12(16)7-8-15-13(17)11-5-3-10(9-14)4-6-11/h3-6H,2,7-9H2,1H3,(H,15,17). The van der Waals surface area contributed by atoms with E-state index in [4.69, 9.17) is 4.74 Å². The van der Waals surface area contributed by atoms with Crippen molar-refractivity contribution in [2.24, 2.45) is 0 Å². The van der Waals surface area contributed by atoms with Gasteiger partial charge in [-0.25, -0.2) is 0 Å². The van der Waals surface area contributed by atoms with Crippen LogP contribution >= 0.6 is 15.9 Å². The predicted molar refractivity (Wildman–Crippen MR) is 72.7 cm³/mol. The van der Waals surface area contributed by atoms with Crippen LogP contribution in [0.15, 0.2) is 24.3 Å². The predicted octanol–water partition coefficient (Wildman–Crippen LogP) is 2.26. The van der Waals surface area contributed by atoms with Gasteiger partial charge in [0.05, 0.1) is 13.0 Å². The molecule has 1 rings (SSSR count). The molecule has 1 aromatic rings. The van der Waals surface area contributed by atoms with Crippen LogP contribution in [0.25, 0.3) is 0 Å². The van der Waals surface area contributed by atoms with E-state index >= 15 is 0 Å². The van der Waals surface area contributed by atoms with Crippen molar-refractivity contribution in [2.45, 2.75) is 18.7 Å². The zero-order valence-corrected chi connectivity index (χ0v) is 11.8. The molecule has 98 valence electrons. The van der Waals surface area contributed by atoms with E-state index in [0.29, 0.717) is 12.2 Å². The van der Waals surface area contributed by atoms with Gasteiger partial charge >= 0.3 is 5.97 Å². The van der Waals surface area contributed by atoms with Crippen molar-refractivity contribution in [1.29, 1.82) is 0 Å². The van der Waals surface area contributed by atoms with Gasteiger partial charge in [-0.2, -0.15) is 0 Å². The van der Waals surface area contributed by atoms with Gasteiger partial charge in [0.1, 0.15) is 0 Å². The van der Waals surface area contributed by atoms with Crippen LogP contribution in [-0.4, -0.2) is 25.0 Å². The summed E-state index contributed by atoms with van der Waals surface area (Å²) in [5.41, 5.74) is 1.70. The van der Waals surface area contributed by atoms with Gasteiger partial charge in [-0.15, -0.1) is 0 Å². The summed E-state index contributed by atoms with van der Waals surface area (Å²) < 4.78 is 4.76. The Balaban J connectivity index is 2.38. The molecular weight excluding hydrogens is 298 g/mol. The highest BCUT2D eigenvalue weighted by molar-refractivity contribution is 9.08. The van der Waals surface area contributed by atoms with Crippen LogP contribution in [-0.2, 0) is 14.9 Å². The van der Waals surface area contributed by atoms with Gasteiger partial charge in [-0.1, -0.05) is 28.1 Å². The Hall–Kier alpha value is -1.36. The SMILES string of the molecule is CCOC(=O)CCNC(=O)c1ccc(CBr)cc1. The first-order chi connectivity index (χ1) is 8.67. The maximum atomic E-state index is 11.7. The molecule has 0 aliphatic heterocycles. The number of esters is 1. The molecule has 0 fully saturated rings. The Morgan fingerprint density at radius 3 is 2.50 bits per heavy atom. The molecule has 0 saturated carbocycles. The molecule has 0 aromatic heterocycles. The topological polar surface area (TPSA) is 55.4 Å². The first-order valence-electron chi connectivity index (χ1n) is 5.76. The summed E-state index contributed by atoms with van der Waals surface area (Å²) in [5, 5.41) is 3.44. The molecule has 0 heterocycles. The minimum absolute atomic E-state index is 0.180. The highest BCUT2D eigenvalue weighted by atomic mass is 79.9. The molecule has 0 aliphatic carbocycles. The van der Waals surface area contributed by atoms with Crippen LogP contribution in [0.2, 0.25) is 0 Å². The molecule has 0 spiro atoms. The van der Waals surface area contributed by atoms with E-state index in [-0.39, 0.29) is 24.8 Å². The Morgan fingerprint density at radius 1 is 1.28 bits per heavy atom. The first-order valence-corrected chi connectivity index (χ1v) is 6.88. The van der Waals surface area contributed by atoms with Crippen molar-refractivity contribution in [3.63, 3.8) is 0 Å². The van der Waals surface area contributed by atoms with Crippen LogP contribution in [0, 0.1) is 0 Å². The Kier molecular flexibility index (Phi) is 6.43. The van der Waals surface area contributed by atoms with E-state index in [9.17, 15) is 9.59 Å². The second-order valence-corrected chi connectivity index (χ2v) is 4.20. The maximum absolute atomic E-state index is 11.7. The second kappa shape index (κ2) is 7.87. The van der Waals surface area contributed by atoms with E-state index in [2.05, 4.69) is 21.2 Å². The lowest BCUT2D eigenvalue weighted by Crippen LogP contribution is -2.26. The number of rotatable bonds is 6. The van der Waals surface area contributed by atoms with E-state index in [1.807, 2.05) is 12.1 Å². The molecule has 0 radical (unpaired) electrons. The number of carbonyl (C=O) groups excluding carboxylic acids is 2. The minimum atomic E-state index is -0.299. The van der Waals surface area contributed by atoms with Gasteiger partial charge in [0.15, 0.2) is 0 Å². The molecule has 18 heavy (non-hydrogen) atoms. The van der Waals surface area contributed by atoms with E-state index in [0.717, 1.165) is 10.9 Å². The molecule has 0 bridgehead atoms. The molecule has 1 N–H and O–H groups in total. The first kappa shape index (κ1) is 14.7. The fourth-order valence-corrected chi connectivity index (χ4v) is 1.73. The molecule has 1 aromatic carbocycles. The average Bonchev–Trinajstić information content (AvgIpc) is 2.39. The summed E-state index contributed by atoms with van der Waals surface area (Å²) in [7, 11) is 0. The van der Waals surface area contributed by atoms with E-state index in [1.54, 1.807) is 19.1 Å². The number of nitrogens with one attached hydrogen (secondary N) is 1. The zero-order chi connectivity index (χ0) is 13.4. The molecule has 0 aliphatic rings. The summed E-state index contributed by atoms with van der Waals surface area (Å²) in [6, 6.07) is 7.29. The highest BCUT2D eigenvalue weighted by Gasteiger charge is 2.06. The molecule has 4 nitrogen and oxygen atoms in total. The van der Waals surface area contributed by atoms with Crippen molar-refractivity contribution in [1.82, 2.24) is 5.32 Å². The lowest BCUT2D eigenvalue weighted by Gasteiger charge is -2.05. The monoisotopic (exact) mass is 313 g/mol. The number of ether oxygens (including phenoxy) is 1. The summed E-state index contributed by atoms with van der Waals surface area (Å²) in [6.07, 6.45) is 0.194. The molecule has 1 amide bonds. The van der Waals surface area contributed by atoms with Crippen molar-refractivity contribution in [3.05, 3.63) is 35.4 Å². The number of benzene rings is 1. The smallest absolute Gasteiger partial charge is 0.307 e. The molecule has 0 saturated heterocycles. The lowest BCUT2D eigenvalue weighted by molar-refractivity contribution is -0.142. The van der Waals surface area contributed by atoms with E-state index in [1.165, 1.54) is 0 Å². The van der Waals surface area contributed by atoms with Crippen LogP contribution in [0.5, 0.6) is 0 Å². The van der Waals surface area contributed by atoms with Crippen molar-refractivity contribution in [2.75, 3.05) is 13.2 Å². The largest absolute Gasteiger partial charge is 0.466 e. The Labute approximate surface area is 115 Å². The third kappa shape index (κ3) is 4.87. The van der Waals surface area contributed by atoms with Crippen LogP contribution in [0.1, 0.15) is 29.3 Å². The summed E-state index contributed by atoms with van der Waals surface area (Å²) in [4.78, 5) is 22.8. The maximum Gasteiger partial charge on any atom is 0.307 e. The number of amides is 1. The number of carbonyl (C=O) groups is 2. The Morgan fingerprint density at radius 2 is 1.94 bits per heavy atom. The molecule has 5 heteroatoms. The van der Waals surface area contributed by atoms with E-state index < -0.39 is 0 Å². The van der Waals surface area contributed by atoms with Gasteiger partial charge in [-0.3, -0.25) is 9.59 Å². The quantitative estimate of drug-likeness (QED) is 0.647. The molecule has 0 atom stereocenters. The van der Waals surface area contributed by atoms with Crippen LogP contribution in [0.3, 0.4) is 0 Å².